The molecule has 0 aliphatic heterocycles. The number of aromatic nitrogens is 1. The summed E-state index contributed by atoms with van der Waals surface area (Å²) in [5.41, 5.74) is 1.88. The number of aliphatic hydroxyl groups excluding tert-OH is 1. The first kappa shape index (κ1) is 14.1. The molecule has 1 heterocycles. The molecule has 0 spiro atoms. The minimum atomic E-state index is -0.750. The molecule has 3 N–H and O–H groups in total. The van der Waals surface area contributed by atoms with Crippen LogP contribution in [0, 0.1) is 13.8 Å². The van der Waals surface area contributed by atoms with Gasteiger partial charge in [-0.1, -0.05) is 35.0 Å². The summed E-state index contributed by atoms with van der Waals surface area (Å²) in [6, 6.07) is 8.66. The van der Waals surface area contributed by atoms with Crippen LogP contribution in [0.15, 0.2) is 34.9 Å². The number of hydrogen-bond donors (Lipinski definition) is 3. The van der Waals surface area contributed by atoms with E-state index in [0.717, 1.165) is 11.1 Å². The maximum absolute atomic E-state index is 11.6. The van der Waals surface area contributed by atoms with Crippen LogP contribution in [-0.2, 0) is 0 Å². The highest BCUT2D eigenvalue weighted by atomic mass is 16.5. The van der Waals surface area contributed by atoms with Crippen molar-refractivity contribution >= 4 is 11.8 Å². The molecule has 1 aromatic heterocycles. The van der Waals surface area contributed by atoms with E-state index >= 15 is 0 Å². The van der Waals surface area contributed by atoms with Crippen molar-refractivity contribution in [3.05, 3.63) is 47.2 Å². The minimum Gasteiger partial charge on any atom is -0.387 e. The van der Waals surface area contributed by atoms with Gasteiger partial charge in [0.1, 0.15) is 5.76 Å². The number of carbonyl (C=O) groups is 1. The van der Waals surface area contributed by atoms with E-state index in [1.165, 1.54) is 0 Å². The Balaban J connectivity index is 1.82. The number of urea groups is 1. The van der Waals surface area contributed by atoms with Gasteiger partial charge in [0, 0.05) is 12.6 Å². The molecule has 6 heteroatoms. The number of aliphatic hydroxyl groups is 1. The zero-order chi connectivity index (χ0) is 14.5. The summed E-state index contributed by atoms with van der Waals surface area (Å²) in [5.74, 6) is 0.949. The lowest BCUT2D eigenvalue weighted by atomic mass is 10.1. The molecular weight excluding hydrogens is 258 g/mol. The van der Waals surface area contributed by atoms with Crippen molar-refractivity contribution in [1.29, 1.82) is 0 Å². The van der Waals surface area contributed by atoms with Crippen molar-refractivity contribution in [1.82, 2.24) is 10.5 Å². The average molecular weight is 275 g/mol. The van der Waals surface area contributed by atoms with Gasteiger partial charge in [-0.25, -0.2) is 4.79 Å². The van der Waals surface area contributed by atoms with Gasteiger partial charge in [0.15, 0.2) is 5.82 Å². The van der Waals surface area contributed by atoms with Crippen molar-refractivity contribution in [3.63, 3.8) is 0 Å². The van der Waals surface area contributed by atoms with Gasteiger partial charge < -0.3 is 14.9 Å². The molecule has 0 radical (unpaired) electrons. The molecule has 0 bridgehead atoms. The molecule has 0 fully saturated rings. The Morgan fingerprint density at radius 2 is 2.05 bits per heavy atom. The molecule has 0 aliphatic carbocycles. The van der Waals surface area contributed by atoms with Crippen LogP contribution in [0.5, 0.6) is 0 Å². The number of nitrogens with zero attached hydrogens (tertiary/aromatic N) is 1. The topological polar surface area (TPSA) is 87.4 Å². The Bertz CT molecular complexity index is 578. The molecule has 1 aromatic carbocycles. The number of hydrogen-bond acceptors (Lipinski definition) is 4. The van der Waals surface area contributed by atoms with Gasteiger partial charge >= 0.3 is 6.03 Å². The predicted molar refractivity (Wildman–Crippen MR) is 74.4 cm³/mol. The first-order valence-corrected chi connectivity index (χ1v) is 6.27. The highest BCUT2D eigenvalue weighted by molar-refractivity contribution is 5.88. The lowest BCUT2D eigenvalue weighted by Crippen LogP contribution is -2.32. The molecule has 2 amide bonds. The SMILES string of the molecule is Cc1ccc([C@@H](O)CNC(=O)Nc2cc(C)on2)cc1. The summed E-state index contributed by atoms with van der Waals surface area (Å²) >= 11 is 0. The van der Waals surface area contributed by atoms with Crippen LogP contribution in [0.4, 0.5) is 10.6 Å². The summed E-state index contributed by atoms with van der Waals surface area (Å²) in [5, 5.41) is 18.7. The van der Waals surface area contributed by atoms with Crippen molar-refractivity contribution in [2.24, 2.45) is 0 Å². The molecule has 0 saturated carbocycles. The number of aryl methyl sites for hydroxylation is 2. The summed E-state index contributed by atoms with van der Waals surface area (Å²) in [4.78, 5) is 11.6. The van der Waals surface area contributed by atoms with Crippen molar-refractivity contribution < 1.29 is 14.4 Å². The molecule has 1 atom stereocenters. The third kappa shape index (κ3) is 3.83. The van der Waals surface area contributed by atoms with Crippen LogP contribution in [-0.4, -0.2) is 22.8 Å². The Kier molecular flexibility index (Phi) is 4.37. The highest BCUT2D eigenvalue weighted by Crippen LogP contribution is 2.12. The van der Waals surface area contributed by atoms with E-state index in [9.17, 15) is 9.90 Å². The molecule has 0 saturated heterocycles. The van der Waals surface area contributed by atoms with Gasteiger partial charge in [-0.15, -0.1) is 0 Å². The second-order valence-electron chi connectivity index (χ2n) is 4.58. The first-order chi connectivity index (χ1) is 9.54. The number of carbonyl (C=O) groups excluding carboxylic acids is 1. The second-order valence-corrected chi connectivity index (χ2v) is 4.58. The fourth-order valence-corrected chi connectivity index (χ4v) is 1.68. The van der Waals surface area contributed by atoms with Crippen molar-refractivity contribution in [2.75, 3.05) is 11.9 Å². The van der Waals surface area contributed by atoms with Gasteiger partial charge in [-0.05, 0) is 19.4 Å². The van der Waals surface area contributed by atoms with E-state index < -0.39 is 12.1 Å². The fourth-order valence-electron chi connectivity index (χ4n) is 1.68. The fraction of sp³-hybridized carbons (Fsp3) is 0.286. The predicted octanol–water partition coefficient (Wildman–Crippen LogP) is 2.15. The lowest BCUT2D eigenvalue weighted by Gasteiger charge is -2.12. The average Bonchev–Trinajstić information content (AvgIpc) is 2.82. The van der Waals surface area contributed by atoms with Crippen LogP contribution in [0.2, 0.25) is 0 Å². The van der Waals surface area contributed by atoms with Crippen LogP contribution in [0.25, 0.3) is 0 Å². The molecule has 2 aromatic rings. The molecule has 0 aliphatic rings. The summed E-state index contributed by atoms with van der Waals surface area (Å²) in [6.45, 7) is 3.82. The van der Waals surface area contributed by atoms with Crippen LogP contribution in [0.3, 0.4) is 0 Å². The maximum Gasteiger partial charge on any atom is 0.320 e. The van der Waals surface area contributed by atoms with Gasteiger partial charge in [0.2, 0.25) is 0 Å². The van der Waals surface area contributed by atoms with E-state index in [4.69, 9.17) is 4.52 Å². The zero-order valence-corrected chi connectivity index (χ0v) is 11.4. The lowest BCUT2D eigenvalue weighted by molar-refractivity contribution is 0.175. The van der Waals surface area contributed by atoms with E-state index in [2.05, 4.69) is 15.8 Å². The van der Waals surface area contributed by atoms with Gasteiger partial charge in [-0.2, -0.15) is 0 Å². The van der Waals surface area contributed by atoms with Gasteiger partial charge in [0.05, 0.1) is 6.10 Å². The zero-order valence-electron chi connectivity index (χ0n) is 11.4. The van der Waals surface area contributed by atoms with E-state index in [1.54, 1.807) is 13.0 Å². The number of benzene rings is 1. The number of anilines is 1. The Morgan fingerprint density at radius 1 is 1.35 bits per heavy atom. The number of amides is 2. The Hall–Kier alpha value is -2.34. The smallest absolute Gasteiger partial charge is 0.320 e. The highest BCUT2D eigenvalue weighted by Gasteiger charge is 2.10. The molecule has 20 heavy (non-hydrogen) atoms. The molecule has 106 valence electrons. The number of rotatable bonds is 4. The van der Waals surface area contributed by atoms with Crippen LogP contribution in [0.1, 0.15) is 23.0 Å². The normalized spacial score (nSPS) is 11.9. The summed E-state index contributed by atoms with van der Waals surface area (Å²) in [6.07, 6.45) is -0.750. The monoisotopic (exact) mass is 275 g/mol. The number of nitrogens with one attached hydrogen (secondary N) is 2. The molecule has 2 rings (SSSR count). The third-order valence-electron chi connectivity index (χ3n) is 2.79. The van der Waals surface area contributed by atoms with Crippen molar-refractivity contribution in [2.45, 2.75) is 20.0 Å². The maximum atomic E-state index is 11.6. The quantitative estimate of drug-likeness (QED) is 0.797. The largest absolute Gasteiger partial charge is 0.387 e. The first-order valence-electron chi connectivity index (χ1n) is 6.27. The third-order valence-corrected chi connectivity index (χ3v) is 2.79. The van der Waals surface area contributed by atoms with Gasteiger partial charge in [0.25, 0.3) is 0 Å². The minimum absolute atomic E-state index is 0.117. The molecular formula is C14H17N3O3. The summed E-state index contributed by atoms with van der Waals surface area (Å²) in [7, 11) is 0. The van der Waals surface area contributed by atoms with Crippen LogP contribution < -0.4 is 10.6 Å². The van der Waals surface area contributed by atoms with E-state index in [-0.39, 0.29) is 6.54 Å². The van der Waals surface area contributed by atoms with Gasteiger partial charge in [-0.3, -0.25) is 5.32 Å². The van der Waals surface area contributed by atoms with Crippen LogP contribution >= 0.6 is 0 Å². The second kappa shape index (κ2) is 6.21. The Morgan fingerprint density at radius 3 is 2.65 bits per heavy atom. The Labute approximate surface area is 116 Å². The van der Waals surface area contributed by atoms with Crippen molar-refractivity contribution in [3.8, 4) is 0 Å². The molecule has 0 unspecified atom stereocenters. The van der Waals surface area contributed by atoms with E-state index in [1.807, 2.05) is 31.2 Å². The van der Waals surface area contributed by atoms with E-state index in [0.29, 0.717) is 11.6 Å². The summed E-state index contributed by atoms with van der Waals surface area (Å²) < 4.78 is 4.83. The molecule has 6 nitrogen and oxygen atoms in total. The standard InChI is InChI=1S/C14H17N3O3/c1-9-3-5-11(6-4-9)12(18)8-15-14(19)16-13-7-10(2)20-17-13/h3-7,12,18H,8H2,1-2H3,(H2,15,16,17,19)/t12-/m0/s1.